The molecule has 0 saturated heterocycles. The quantitative estimate of drug-likeness (QED) is 0.704. The van der Waals surface area contributed by atoms with Gasteiger partial charge in [-0.1, -0.05) is 26.0 Å². The molecule has 0 aliphatic carbocycles. The Kier molecular flexibility index (Phi) is 11.5. The van der Waals surface area contributed by atoms with Crippen molar-refractivity contribution in [2.75, 3.05) is 26.2 Å². The molecule has 1 atom stereocenters. The summed E-state index contributed by atoms with van der Waals surface area (Å²) in [5.41, 5.74) is 0.611. The van der Waals surface area contributed by atoms with Gasteiger partial charge in [0.15, 0.2) is 0 Å². The van der Waals surface area contributed by atoms with E-state index in [2.05, 4.69) is 31.0 Å². The van der Waals surface area contributed by atoms with Crippen molar-refractivity contribution >= 4 is 18.3 Å². The smallest absolute Gasteiger partial charge is 0.255 e. The maximum absolute atomic E-state index is 12.4. The van der Waals surface area contributed by atoms with Crippen molar-refractivity contribution in [3.63, 3.8) is 0 Å². The van der Waals surface area contributed by atoms with Crippen molar-refractivity contribution in [1.29, 1.82) is 0 Å². The molecule has 0 aliphatic heterocycles. The maximum atomic E-state index is 12.4. The van der Waals surface area contributed by atoms with Crippen LogP contribution in [0.4, 0.5) is 0 Å². The maximum Gasteiger partial charge on any atom is 0.255 e. The number of rotatable bonds is 10. The number of carbonyl (C=O) groups is 1. The van der Waals surface area contributed by atoms with Crippen LogP contribution in [-0.2, 0) is 0 Å². The zero-order chi connectivity index (χ0) is 16.4. The van der Waals surface area contributed by atoms with E-state index in [-0.39, 0.29) is 24.4 Å². The van der Waals surface area contributed by atoms with Crippen LogP contribution in [0.2, 0.25) is 0 Å². The first-order valence-corrected chi connectivity index (χ1v) is 8.37. The monoisotopic (exact) mass is 342 g/mol. The fraction of sp³-hybridized carbons (Fsp3) is 0.611. The van der Waals surface area contributed by atoms with E-state index >= 15 is 0 Å². The number of nitrogens with one attached hydrogen (secondary N) is 1. The minimum absolute atomic E-state index is 0. The number of halogens is 1. The third-order valence-electron chi connectivity index (χ3n) is 3.81. The van der Waals surface area contributed by atoms with E-state index in [0.29, 0.717) is 17.9 Å². The van der Waals surface area contributed by atoms with Crippen molar-refractivity contribution in [3.8, 4) is 5.75 Å². The summed E-state index contributed by atoms with van der Waals surface area (Å²) >= 11 is 0. The van der Waals surface area contributed by atoms with Crippen molar-refractivity contribution in [1.82, 2.24) is 10.2 Å². The second-order valence-electron chi connectivity index (χ2n) is 5.47. The van der Waals surface area contributed by atoms with Gasteiger partial charge in [0.1, 0.15) is 5.75 Å². The predicted molar refractivity (Wildman–Crippen MR) is 98.8 cm³/mol. The molecule has 0 heterocycles. The summed E-state index contributed by atoms with van der Waals surface area (Å²) in [5, 5.41) is 3.07. The molecule has 1 unspecified atom stereocenters. The van der Waals surface area contributed by atoms with Crippen LogP contribution in [0.1, 0.15) is 50.9 Å². The lowest BCUT2D eigenvalue weighted by molar-refractivity contribution is 0.0933. The Hall–Kier alpha value is -1.26. The number of para-hydroxylation sites is 1. The average molecular weight is 343 g/mol. The molecule has 1 N–H and O–H groups in total. The van der Waals surface area contributed by atoms with Crippen LogP contribution >= 0.6 is 12.4 Å². The van der Waals surface area contributed by atoms with Gasteiger partial charge in [-0.25, -0.2) is 0 Å². The molecule has 0 saturated carbocycles. The number of amides is 1. The Bertz CT molecular complexity index is 450. The van der Waals surface area contributed by atoms with Crippen LogP contribution in [0.3, 0.4) is 0 Å². The molecule has 5 heteroatoms. The lowest BCUT2D eigenvalue weighted by Crippen LogP contribution is -2.34. The normalized spacial score (nSPS) is 11.7. The summed E-state index contributed by atoms with van der Waals surface area (Å²) in [5.74, 6) is 0.595. The minimum atomic E-state index is -0.0561. The van der Waals surface area contributed by atoms with E-state index in [1.165, 1.54) is 0 Å². The molecule has 23 heavy (non-hydrogen) atoms. The highest BCUT2D eigenvalue weighted by Crippen LogP contribution is 2.18. The van der Waals surface area contributed by atoms with Gasteiger partial charge in [0.25, 0.3) is 5.91 Å². The number of ether oxygens (including phenoxy) is 1. The number of nitrogens with zero attached hydrogens (tertiary/aromatic N) is 1. The van der Waals surface area contributed by atoms with Gasteiger partial charge in [-0.05, 0) is 58.5 Å². The molecule has 0 spiro atoms. The number of hydrogen-bond acceptors (Lipinski definition) is 3. The molecule has 1 rings (SSSR count). The highest BCUT2D eigenvalue weighted by molar-refractivity contribution is 5.97. The van der Waals surface area contributed by atoms with Crippen LogP contribution in [-0.4, -0.2) is 43.1 Å². The van der Waals surface area contributed by atoms with Crippen LogP contribution in [0.5, 0.6) is 5.75 Å². The Morgan fingerprint density at radius 2 is 1.87 bits per heavy atom. The third kappa shape index (κ3) is 7.71. The first-order chi connectivity index (χ1) is 10.6. The van der Waals surface area contributed by atoms with Gasteiger partial charge in [0, 0.05) is 6.04 Å². The molecule has 0 aliphatic rings. The molecule has 132 valence electrons. The molecular formula is C18H31ClN2O2. The van der Waals surface area contributed by atoms with E-state index in [9.17, 15) is 4.79 Å². The van der Waals surface area contributed by atoms with Crippen LogP contribution in [0.15, 0.2) is 24.3 Å². The van der Waals surface area contributed by atoms with Crippen molar-refractivity contribution < 1.29 is 9.53 Å². The molecule has 4 nitrogen and oxygen atoms in total. The predicted octanol–water partition coefficient (Wildman–Crippen LogP) is 3.75. The molecule has 1 aromatic carbocycles. The van der Waals surface area contributed by atoms with E-state index in [1.807, 2.05) is 31.2 Å². The van der Waals surface area contributed by atoms with Crippen LogP contribution in [0.25, 0.3) is 0 Å². The van der Waals surface area contributed by atoms with E-state index < -0.39 is 0 Å². The van der Waals surface area contributed by atoms with Gasteiger partial charge in [-0.15, -0.1) is 12.4 Å². The Morgan fingerprint density at radius 1 is 1.22 bits per heavy atom. The summed E-state index contributed by atoms with van der Waals surface area (Å²) in [7, 11) is 0. The SMILES string of the molecule is CCOc1ccccc1C(=O)NC(C)CCCN(CC)CC.Cl. The van der Waals surface area contributed by atoms with Crippen molar-refractivity contribution in [2.45, 2.75) is 46.6 Å². The topological polar surface area (TPSA) is 41.6 Å². The van der Waals surface area contributed by atoms with Crippen molar-refractivity contribution in [3.05, 3.63) is 29.8 Å². The Balaban J connectivity index is 0.00000484. The highest BCUT2D eigenvalue weighted by Gasteiger charge is 2.14. The van der Waals surface area contributed by atoms with Gasteiger partial charge in [0.05, 0.1) is 12.2 Å². The van der Waals surface area contributed by atoms with E-state index in [0.717, 1.165) is 32.5 Å². The fourth-order valence-corrected chi connectivity index (χ4v) is 2.47. The summed E-state index contributed by atoms with van der Waals surface area (Å²) in [4.78, 5) is 14.8. The highest BCUT2D eigenvalue weighted by atomic mass is 35.5. The minimum Gasteiger partial charge on any atom is -0.493 e. The second-order valence-corrected chi connectivity index (χ2v) is 5.47. The summed E-state index contributed by atoms with van der Waals surface area (Å²) < 4.78 is 5.51. The number of benzene rings is 1. The van der Waals surface area contributed by atoms with Gasteiger partial charge < -0.3 is 15.0 Å². The third-order valence-corrected chi connectivity index (χ3v) is 3.81. The van der Waals surface area contributed by atoms with E-state index in [4.69, 9.17) is 4.74 Å². The summed E-state index contributed by atoms with van der Waals surface area (Å²) in [6, 6.07) is 7.56. The number of hydrogen-bond donors (Lipinski definition) is 1. The Morgan fingerprint density at radius 3 is 2.48 bits per heavy atom. The lowest BCUT2D eigenvalue weighted by atomic mass is 10.1. The lowest BCUT2D eigenvalue weighted by Gasteiger charge is -2.20. The van der Waals surface area contributed by atoms with Gasteiger partial charge in [-0.3, -0.25) is 4.79 Å². The standard InChI is InChI=1S/C18H30N2O2.ClH/c1-5-20(6-2)14-10-11-15(4)19-18(21)16-12-8-9-13-17(16)22-7-3;/h8-9,12-13,15H,5-7,10-11,14H2,1-4H3,(H,19,21);1H. The van der Waals surface area contributed by atoms with Gasteiger partial charge >= 0.3 is 0 Å². The van der Waals surface area contributed by atoms with Crippen LogP contribution < -0.4 is 10.1 Å². The van der Waals surface area contributed by atoms with Crippen molar-refractivity contribution in [2.24, 2.45) is 0 Å². The number of carbonyl (C=O) groups excluding carboxylic acids is 1. The first-order valence-electron chi connectivity index (χ1n) is 8.37. The van der Waals surface area contributed by atoms with Gasteiger partial charge in [0.2, 0.25) is 0 Å². The summed E-state index contributed by atoms with van der Waals surface area (Å²) in [6.07, 6.45) is 2.08. The fourth-order valence-electron chi connectivity index (χ4n) is 2.47. The zero-order valence-corrected chi connectivity index (χ0v) is 15.6. The molecular weight excluding hydrogens is 312 g/mol. The average Bonchev–Trinajstić information content (AvgIpc) is 2.52. The first kappa shape index (κ1) is 21.7. The summed E-state index contributed by atoms with van der Waals surface area (Å²) in [6.45, 7) is 12.1. The Labute approximate surface area is 147 Å². The van der Waals surface area contributed by atoms with E-state index in [1.54, 1.807) is 0 Å². The second kappa shape index (κ2) is 12.2. The molecule has 0 bridgehead atoms. The van der Waals surface area contributed by atoms with Gasteiger partial charge in [-0.2, -0.15) is 0 Å². The molecule has 0 fully saturated rings. The zero-order valence-electron chi connectivity index (χ0n) is 14.8. The van der Waals surface area contributed by atoms with Crippen LogP contribution in [0, 0.1) is 0 Å². The molecule has 1 amide bonds. The molecule has 0 aromatic heterocycles. The largest absolute Gasteiger partial charge is 0.493 e. The molecule has 0 radical (unpaired) electrons. The molecule has 1 aromatic rings.